The van der Waals surface area contributed by atoms with E-state index in [4.69, 9.17) is 5.11 Å². The summed E-state index contributed by atoms with van der Waals surface area (Å²) < 4.78 is 0. The summed E-state index contributed by atoms with van der Waals surface area (Å²) in [6.07, 6.45) is 3.99. The zero-order chi connectivity index (χ0) is 14.4. The van der Waals surface area contributed by atoms with Crippen molar-refractivity contribution >= 4 is 12.0 Å². The summed E-state index contributed by atoms with van der Waals surface area (Å²) >= 11 is 0. The number of amides is 2. The predicted molar refractivity (Wildman–Crippen MR) is 69.5 cm³/mol. The molecule has 0 aliphatic heterocycles. The number of urea groups is 1. The van der Waals surface area contributed by atoms with E-state index < -0.39 is 18.0 Å². The van der Waals surface area contributed by atoms with E-state index in [1.807, 2.05) is 6.92 Å². The number of carboxylic acids is 1. The minimum absolute atomic E-state index is 0.122. The van der Waals surface area contributed by atoms with E-state index in [0.29, 0.717) is 13.0 Å². The van der Waals surface area contributed by atoms with E-state index in [9.17, 15) is 9.59 Å². The molecule has 0 aliphatic rings. The average Bonchev–Trinajstić information content (AvgIpc) is 2.86. The molecule has 7 nitrogen and oxygen atoms in total. The second-order valence-electron chi connectivity index (χ2n) is 4.61. The number of aliphatic carboxylic acids is 1. The molecule has 0 unspecified atom stereocenters. The number of aromatic nitrogens is 2. The molecule has 0 saturated heterocycles. The molecule has 1 aromatic heterocycles. The quantitative estimate of drug-likeness (QED) is 0.718. The molecule has 0 spiro atoms. The van der Waals surface area contributed by atoms with Crippen LogP contribution in [0, 0.1) is 5.92 Å². The standard InChI is InChI=1S/C12H20N4O3/c1-4-8(2)10(11(17)18)15-12(19)16(3)7-9-5-13-14-6-9/h5-6,8,10H,4,7H2,1-3H3,(H,13,14)(H,15,19)(H,17,18)/t8-,10-/m0/s1. The summed E-state index contributed by atoms with van der Waals surface area (Å²) in [6.45, 7) is 4.06. The van der Waals surface area contributed by atoms with Crippen LogP contribution in [0.1, 0.15) is 25.8 Å². The molecule has 0 fully saturated rings. The number of aromatic amines is 1. The number of carbonyl (C=O) groups excluding carboxylic acids is 1. The van der Waals surface area contributed by atoms with Gasteiger partial charge in [0.1, 0.15) is 6.04 Å². The average molecular weight is 268 g/mol. The van der Waals surface area contributed by atoms with Gasteiger partial charge in [-0.3, -0.25) is 5.10 Å². The highest BCUT2D eigenvalue weighted by molar-refractivity contribution is 5.82. The molecular weight excluding hydrogens is 248 g/mol. The highest BCUT2D eigenvalue weighted by Gasteiger charge is 2.26. The minimum atomic E-state index is -1.01. The molecule has 19 heavy (non-hydrogen) atoms. The maximum Gasteiger partial charge on any atom is 0.326 e. The summed E-state index contributed by atoms with van der Waals surface area (Å²) in [4.78, 5) is 24.5. The highest BCUT2D eigenvalue weighted by atomic mass is 16.4. The molecule has 106 valence electrons. The Kier molecular flexibility index (Phi) is 5.35. The number of hydrogen-bond donors (Lipinski definition) is 3. The van der Waals surface area contributed by atoms with Gasteiger partial charge in [0.05, 0.1) is 12.7 Å². The first kappa shape index (κ1) is 15.0. The normalized spacial score (nSPS) is 13.6. The fourth-order valence-electron chi connectivity index (χ4n) is 1.64. The second-order valence-corrected chi connectivity index (χ2v) is 4.61. The third-order valence-electron chi connectivity index (χ3n) is 3.08. The number of carbonyl (C=O) groups is 2. The molecule has 0 radical (unpaired) electrons. The van der Waals surface area contributed by atoms with Crippen molar-refractivity contribution in [1.82, 2.24) is 20.4 Å². The lowest BCUT2D eigenvalue weighted by Gasteiger charge is -2.24. The molecule has 3 N–H and O–H groups in total. The Bertz CT molecular complexity index is 419. The third-order valence-corrected chi connectivity index (χ3v) is 3.08. The molecule has 0 aromatic carbocycles. The maximum absolute atomic E-state index is 11.9. The molecular formula is C12H20N4O3. The van der Waals surface area contributed by atoms with Crippen LogP contribution in [0.2, 0.25) is 0 Å². The van der Waals surface area contributed by atoms with Crippen molar-refractivity contribution in [2.24, 2.45) is 5.92 Å². The van der Waals surface area contributed by atoms with Gasteiger partial charge in [-0.25, -0.2) is 9.59 Å². The Morgan fingerprint density at radius 2 is 2.26 bits per heavy atom. The van der Waals surface area contributed by atoms with Gasteiger partial charge in [0.25, 0.3) is 0 Å². The lowest BCUT2D eigenvalue weighted by Crippen LogP contribution is -2.49. The van der Waals surface area contributed by atoms with Crippen molar-refractivity contribution in [1.29, 1.82) is 0 Å². The van der Waals surface area contributed by atoms with Gasteiger partial charge < -0.3 is 15.3 Å². The Labute approximate surface area is 112 Å². The van der Waals surface area contributed by atoms with Crippen LogP contribution >= 0.6 is 0 Å². The van der Waals surface area contributed by atoms with Gasteiger partial charge in [0.2, 0.25) is 0 Å². The molecule has 0 aliphatic carbocycles. The van der Waals surface area contributed by atoms with Crippen molar-refractivity contribution in [2.45, 2.75) is 32.9 Å². The topological polar surface area (TPSA) is 98.3 Å². The first-order valence-electron chi connectivity index (χ1n) is 6.17. The SMILES string of the molecule is CC[C@H](C)[C@H](NC(=O)N(C)Cc1cn[nH]c1)C(=O)O. The van der Waals surface area contributed by atoms with Gasteiger partial charge in [0, 0.05) is 18.8 Å². The lowest BCUT2D eigenvalue weighted by atomic mass is 9.99. The van der Waals surface area contributed by atoms with Gasteiger partial charge in [-0.2, -0.15) is 5.10 Å². The van der Waals surface area contributed by atoms with E-state index in [0.717, 1.165) is 5.56 Å². The van der Waals surface area contributed by atoms with Gasteiger partial charge in [-0.15, -0.1) is 0 Å². The smallest absolute Gasteiger partial charge is 0.326 e. The van der Waals surface area contributed by atoms with Crippen LogP contribution in [0.5, 0.6) is 0 Å². The summed E-state index contributed by atoms with van der Waals surface area (Å²) in [7, 11) is 1.61. The summed E-state index contributed by atoms with van der Waals surface area (Å²) in [5, 5.41) is 18.1. The lowest BCUT2D eigenvalue weighted by molar-refractivity contribution is -0.140. The van der Waals surface area contributed by atoms with Crippen molar-refractivity contribution < 1.29 is 14.7 Å². The van der Waals surface area contributed by atoms with E-state index in [1.165, 1.54) is 4.90 Å². The van der Waals surface area contributed by atoms with Crippen LogP contribution in [0.3, 0.4) is 0 Å². The number of hydrogen-bond acceptors (Lipinski definition) is 3. The molecule has 2 atom stereocenters. The number of nitrogens with one attached hydrogen (secondary N) is 2. The van der Waals surface area contributed by atoms with Gasteiger partial charge in [0.15, 0.2) is 0 Å². The first-order valence-corrected chi connectivity index (χ1v) is 6.17. The third kappa shape index (κ3) is 4.27. The van der Waals surface area contributed by atoms with Crippen molar-refractivity contribution in [3.05, 3.63) is 18.0 Å². The van der Waals surface area contributed by atoms with Crippen LogP contribution in [-0.2, 0) is 11.3 Å². The van der Waals surface area contributed by atoms with Crippen LogP contribution in [0.25, 0.3) is 0 Å². The second kappa shape index (κ2) is 6.77. The fraction of sp³-hybridized carbons (Fsp3) is 0.583. The van der Waals surface area contributed by atoms with Crippen molar-refractivity contribution in [2.75, 3.05) is 7.05 Å². The van der Waals surface area contributed by atoms with Crippen LogP contribution in [0.4, 0.5) is 4.79 Å². The Morgan fingerprint density at radius 3 is 2.74 bits per heavy atom. The zero-order valence-corrected chi connectivity index (χ0v) is 11.4. The number of carboxylic acid groups (broad SMARTS) is 1. The summed E-state index contributed by atoms with van der Waals surface area (Å²) in [6, 6.07) is -1.28. The molecule has 7 heteroatoms. The molecule has 0 bridgehead atoms. The van der Waals surface area contributed by atoms with Crippen LogP contribution < -0.4 is 5.32 Å². The van der Waals surface area contributed by atoms with E-state index in [2.05, 4.69) is 15.5 Å². The predicted octanol–water partition coefficient (Wildman–Crippen LogP) is 1.05. The number of rotatable bonds is 6. The maximum atomic E-state index is 11.9. The fourth-order valence-corrected chi connectivity index (χ4v) is 1.64. The van der Waals surface area contributed by atoms with Crippen LogP contribution in [0.15, 0.2) is 12.4 Å². The molecule has 0 saturated carbocycles. The van der Waals surface area contributed by atoms with E-state index in [1.54, 1.807) is 26.4 Å². The van der Waals surface area contributed by atoms with Gasteiger partial charge in [-0.05, 0) is 5.92 Å². The summed E-state index contributed by atoms with van der Waals surface area (Å²) in [5.74, 6) is -1.14. The molecule has 1 aromatic rings. The Morgan fingerprint density at radius 1 is 1.58 bits per heavy atom. The van der Waals surface area contributed by atoms with E-state index in [-0.39, 0.29) is 5.92 Å². The largest absolute Gasteiger partial charge is 0.480 e. The Balaban J connectivity index is 2.58. The number of H-pyrrole nitrogens is 1. The molecule has 1 heterocycles. The van der Waals surface area contributed by atoms with E-state index >= 15 is 0 Å². The van der Waals surface area contributed by atoms with Crippen LogP contribution in [-0.4, -0.2) is 45.3 Å². The van der Waals surface area contributed by atoms with Crippen molar-refractivity contribution in [3.8, 4) is 0 Å². The molecule has 1 rings (SSSR count). The Hall–Kier alpha value is -2.05. The monoisotopic (exact) mass is 268 g/mol. The minimum Gasteiger partial charge on any atom is -0.480 e. The van der Waals surface area contributed by atoms with Crippen molar-refractivity contribution in [3.63, 3.8) is 0 Å². The first-order chi connectivity index (χ1) is 8.95. The molecule has 2 amide bonds. The highest BCUT2D eigenvalue weighted by Crippen LogP contribution is 2.09. The zero-order valence-electron chi connectivity index (χ0n) is 11.4. The van der Waals surface area contributed by atoms with Gasteiger partial charge >= 0.3 is 12.0 Å². The van der Waals surface area contributed by atoms with Gasteiger partial charge in [-0.1, -0.05) is 20.3 Å². The summed E-state index contributed by atoms with van der Waals surface area (Å²) in [5.41, 5.74) is 0.855. The number of nitrogens with zero attached hydrogens (tertiary/aromatic N) is 2.